The molecular formula is C40H41Cl2N3O7. The molecule has 1 aliphatic carbocycles. The van der Waals surface area contributed by atoms with Crippen molar-refractivity contribution >= 4 is 40.8 Å². The fourth-order valence-electron chi connectivity index (χ4n) is 8.84. The number of fused-ring (bicyclic) bond motifs is 4. The van der Waals surface area contributed by atoms with Gasteiger partial charge in [0, 0.05) is 37.2 Å². The Morgan fingerprint density at radius 3 is 2.29 bits per heavy atom. The second-order valence-electron chi connectivity index (χ2n) is 14.0. The number of aliphatic carboxylic acids is 1. The molecule has 12 heteroatoms. The standard InChI is InChI=1S/C40H41Cl2N3O7/c1-43(40(39(47)48)31-7-5-4-6-26(31)18-32(40)30-21-44-16-14-24(30)15-17-44)28-11-8-25(9-12-28)38(46)52-36(20-29-33(41)22-45(49)23-34(29)42)27-10-13-35(50-2)37(19-27)51-3/h4-13,19,22-24,30,32,36H,14-18,20-21H2,1-3H3,(H,47,48)/t30-,32?,36+,40?/m1/s1. The molecule has 0 radical (unpaired) electrons. The summed E-state index contributed by atoms with van der Waals surface area (Å²) in [6, 6.07) is 20.0. The van der Waals surface area contributed by atoms with E-state index in [0.29, 0.717) is 45.4 Å². The lowest BCUT2D eigenvalue weighted by Crippen LogP contribution is -2.60. The van der Waals surface area contributed by atoms with Crippen molar-refractivity contribution in [3.05, 3.63) is 122 Å². The van der Waals surface area contributed by atoms with Crippen LogP contribution in [0.4, 0.5) is 5.69 Å². The van der Waals surface area contributed by atoms with Crippen LogP contribution in [-0.2, 0) is 27.9 Å². The van der Waals surface area contributed by atoms with E-state index in [9.17, 15) is 19.9 Å². The lowest BCUT2D eigenvalue weighted by molar-refractivity contribution is -0.605. The van der Waals surface area contributed by atoms with Crippen LogP contribution in [-0.4, -0.2) is 62.8 Å². The van der Waals surface area contributed by atoms with Gasteiger partial charge in [-0.05, 0) is 97.3 Å². The maximum Gasteiger partial charge on any atom is 0.338 e. The summed E-state index contributed by atoms with van der Waals surface area (Å²) in [5, 5.41) is 23.4. The van der Waals surface area contributed by atoms with Gasteiger partial charge in [-0.25, -0.2) is 9.59 Å². The highest BCUT2D eigenvalue weighted by Crippen LogP contribution is 2.54. The molecule has 4 heterocycles. The number of halogens is 2. The molecule has 272 valence electrons. The van der Waals surface area contributed by atoms with Gasteiger partial charge in [-0.1, -0.05) is 53.5 Å². The minimum atomic E-state index is -1.28. The summed E-state index contributed by atoms with van der Waals surface area (Å²) in [5.74, 6) is 0.0759. The molecule has 0 amide bonds. The van der Waals surface area contributed by atoms with Gasteiger partial charge in [0.2, 0.25) is 0 Å². The Kier molecular flexibility index (Phi) is 9.99. The SMILES string of the molecule is COc1ccc([C@H](Cc2c(Cl)c[n+]([O-])cc2Cl)OC(=O)c2ccc(N(C)C3(C(=O)O)c4ccccc4CC3[C@@H]3CN4CCC3CC4)cc2)cc1OC. The van der Waals surface area contributed by atoms with Gasteiger partial charge in [-0.15, -0.1) is 0 Å². The van der Waals surface area contributed by atoms with E-state index < -0.39 is 23.6 Å². The van der Waals surface area contributed by atoms with Crippen LogP contribution in [0.25, 0.3) is 0 Å². The van der Waals surface area contributed by atoms with E-state index in [1.165, 1.54) is 26.6 Å². The Morgan fingerprint density at radius 1 is 1.00 bits per heavy atom. The Balaban J connectivity index is 1.19. The normalized spacial score (nSPS) is 23.8. The van der Waals surface area contributed by atoms with Crippen molar-refractivity contribution in [2.75, 3.05) is 45.8 Å². The van der Waals surface area contributed by atoms with Crippen LogP contribution in [0.15, 0.2) is 79.1 Å². The minimum absolute atomic E-state index is 0.0715. The molecule has 2 unspecified atom stereocenters. The number of carbonyl (C=O) groups is 2. The third-order valence-electron chi connectivity index (χ3n) is 11.4. The minimum Gasteiger partial charge on any atom is -0.619 e. The third kappa shape index (κ3) is 6.31. The number of anilines is 1. The zero-order chi connectivity index (χ0) is 36.7. The number of carboxylic acids is 1. The van der Waals surface area contributed by atoms with Gasteiger partial charge < -0.3 is 34.3 Å². The number of hydrogen-bond acceptors (Lipinski definition) is 8. The molecule has 1 aromatic heterocycles. The van der Waals surface area contributed by atoms with E-state index >= 15 is 0 Å². The summed E-state index contributed by atoms with van der Waals surface area (Å²) in [5.41, 5.74) is 2.60. The molecule has 2 bridgehead atoms. The quantitative estimate of drug-likeness (QED) is 0.102. The van der Waals surface area contributed by atoms with Gasteiger partial charge in [0.25, 0.3) is 0 Å². The number of esters is 1. The van der Waals surface area contributed by atoms with E-state index in [0.717, 1.165) is 43.6 Å². The highest BCUT2D eigenvalue weighted by Gasteiger charge is 2.60. The van der Waals surface area contributed by atoms with Gasteiger partial charge in [0.05, 0.1) is 19.8 Å². The molecule has 52 heavy (non-hydrogen) atoms. The monoisotopic (exact) mass is 745 g/mol. The second kappa shape index (κ2) is 14.5. The molecule has 3 fully saturated rings. The molecule has 4 atom stereocenters. The van der Waals surface area contributed by atoms with Crippen LogP contribution in [0.1, 0.15) is 51.6 Å². The van der Waals surface area contributed by atoms with Crippen LogP contribution in [0.5, 0.6) is 11.5 Å². The number of methoxy groups -OCH3 is 2. The van der Waals surface area contributed by atoms with Gasteiger partial charge in [-0.3, -0.25) is 0 Å². The number of aromatic nitrogens is 1. The Labute approximate surface area is 313 Å². The Bertz CT molecular complexity index is 1960. The van der Waals surface area contributed by atoms with Crippen LogP contribution >= 0.6 is 23.2 Å². The number of hydrogen-bond donors (Lipinski definition) is 1. The van der Waals surface area contributed by atoms with Crippen molar-refractivity contribution < 1.29 is 33.6 Å². The van der Waals surface area contributed by atoms with Crippen molar-refractivity contribution in [3.63, 3.8) is 0 Å². The topological polar surface area (TPSA) is 115 Å². The van der Waals surface area contributed by atoms with E-state index in [1.54, 1.807) is 42.5 Å². The number of nitrogens with zero attached hydrogens (tertiary/aromatic N) is 3. The first-order valence-corrected chi connectivity index (χ1v) is 18.2. The predicted molar refractivity (Wildman–Crippen MR) is 197 cm³/mol. The fraction of sp³-hybridized carbons (Fsp3) is 0.375. The highest BCUT2D eigenvalue weighted by molar-refractivity contribution is 6.35. The fourth-order valence-corrected chi connectivity index (χ4v) is 9.44. The summed E-state index contributed by atoms with van der Waals surface area (Å²) in [4.78, 5) is 31.9. The number of ether oxygens (including phenoxy) is 3. The van der Waals surface area contributed by atoms with Crippen molar-refractivity contribution in [3.8, 4) is 11.5 Å². The zero-order valence-corrected chi connectivity index (χ0v) is 30.8. The molecule has 4 aromatic rings. The molecule has 10 nitrogen and oxygen atoms in total. The van der Waals surface area contributed by atoms with Gasteiger partial charge in [0.1, 0.15) is 16.1 Å². The lowest BCUT2D eigenvalue weighted by atomic mass is 9.65. The average Bonchev–Trinajstić information content (AvgIpc) is 3.52. The van der Waals surface area contributed by atoms with Crippen molar-refractivity contribution in [1.82, 2.24) is 4.90 Å². The summed E-state index contributed by atoms with van der Waals surface area (Å²) in [6.07, 6.45) is 4.48. The smallest absolute Gasteiger partial charge is 0.338 e. The number of carboxylic acid groups (broad SMARTS) is 1. The summed E-state index contributed by atoms with van der Waals surface area (Å²) >= 11 is 12.9. The first kappa shape index (κ1) is 35.9. The molecule has 3 aliphatic heterocycles. The van der Waals surface area contributed by atoms with Crippen LogP contribution < -0.4 is 19.1 Å². The summed E-state index contributed by atoms with van der Waals surface area (Å²) < 4.78 is 17.5. The second-order valence-corrected chi connectivity index (χ2v) is 14.8. The molecule has 4 aliphatic rings. The number of pyridine rings is 1. The van der Waals surface area contributed by atoms with E-state index in [-0.39, 0.29) is 33.9 Å². The van der Waals surface area contributed by atoms with Crippen molar-refractivity contribution in [1.29, 1.82) is 0 Å². The Hall–Kier alpha value is -4.51. The van der Waals surface area contributed by atoms with E-state index in [2.05, 4.69) is 11.0 Å². The van der Waals surface area contributed by atoms with Crippen LogP contribution in [0.2, 0.25) is 10.0 Å². The van der Waals surface area contributed by atoms with Gasteiger partial charge in [-0.2, -0.15) is 4.73 Å². The molecule has 1 N–H and O–H groups in total. The van der Waals surface area contributed by atoms with Crippen molar-refractivity contribution in [2.24, 2.45) is 17.8 Å². The van der Waals surface area contributed by atoms with E-state index in [1.807, 2.05) is 30.1 Å². The molecule has 8 rings (SSSR count). The zero-order valence-electron chi connectivity index (χ0n) is 29.3. The average molecular weight is 747 g/mol. The largest absolute Gasteiger partial charge is 0.619 e. The first-order chi connectivity index (χ1) is 25.0. The van der Waals surface area contributed by atoms with Gasteiger partial charge >= 0.3 is 11.9 Å². The van der Waals surface area contributed by atoms with Crippen LogP contribution in [0, 0.1) is 23.0 Å². The molecule has 0 spiro atoms. The Morgan fingerprint density at radius 2 is 1.67 bits per heavy atom. The molecule has 0 saturated carbocycles. The molecule has 3 aromatic carbocycles. The maximum absolute atomic E-state index is 13.8. The number of piperidine rings is 3. The highest BCUT2D eigenvalue weighted by atomic mass is 35.5. The van der Waals surface area contributed by atoms with Crippen LogP contribution in [0.3, 0.4) is 0 Å². The number of carbonyl (C=O) groups excluding carboxylic acids is 1. The maximum atomic E-state index is 13.8. The number of rotatable bonds is 11. The number of benzene rings is 3. The van der Waals surface area contributed by atoms with E-state index in [4.69, 9.17) is 37.4 Å². The first-order valence-electron chi connectivity index (χ1n) is 17.4. The number of likely N-dealkylation sites (N-methyl/N-ethyl adjacent to an activating group) is 1. The van der Waals surface area contributed by atoms with Crippen molar-refractivity contribution in [2.45, 2.75) is 37.3 Å². The molecule has 3 saturated heterocycles. The summed E-state index contributed by atoms with van der Waals surface area (Å²) in [7, 11) is 4.89. The predicted octanol–water partition coefficient (Wildman–Crippen LogP) is 6.72. The lowest BCUT2D eigenvalue weighted by Gasteiger charge is -2.52. The molecular weight excluding hydrogens is 705 g/mol. The third-order valence-corrected chi connectivity index (χ3v) is 12.1. The van der Waals surface area contributed by atoms with Gasteiger partial charge in [0.15, 0.2) is 29.4 Å². The summed E-state index contributed by atoms with van der Waals surface area (Å²) in [6.45, 7) is 3.06.